The fourth-order valence-electron chi connectivity index (χ4n) is 6.05. The molecule has 1 aromatic carbocycles. The number of anilines is 1. The molecule has 3 N–H and O–H groups in total. The number of fused-ring (bicyclic) bond motifs is 1. The number of amides is 2. The van der Waals surface area contributed by atoms with E-state index >= 15 is 0 Å². The number of carboxylic acid groups (broad SMARTS) is 1. The second-order valence-electron chi connectivity index (χ2n) is 10.8. The summed E-state index contributed by atoms with van der Waals surface area (Å²) in [7, 11) is 0. The van der Waals surface area contributed by atoms with E-state index in [4.69, 9.17) is 0 Å². The third kappa shape index (κ3) is 7.53. The van der Waals surface area contributed by atoms with E-state index in [9.17, 15) is 19.5 Å². The molecule has 7 heteroatoms. The summed E-state index contributed by atoms with van der Waals surface area (Å²) in [6.07, 6.45) is 11.2. The van der Waals surface area contributed by atoms with Gasteiger partial charge in [0.25, 0.3) is 0 Å². The maximum absolute atomic E-state index is 13.3. The molecule has 2 heterocycles. The molecule has 0 radical (unpaired) electrons. The SMILES string of the molecule is O=C(O)C[C@H]1Cc2cc(NC(=O)CCC3CCNCC3)ccc2CN(CCC2CCCCC2)C1=O. The van der Waals surface area contributed by atoms with Gasteiger partial charge in [-0.15, -0.1) is 0 Å². The third-order valence-corrected chi connectivity index (χ3v) is 8.17. The van der Waals surface area contributed by atoms with Crippen molar-refractivity contribution in [3.8, 4) is 0 Å². The van der Waals surface area contributed by atoms with Gasteiger partial charge in [0.2, 0.25) is 11.8 Å². The van der Waals surface area contributed by atoms with Gasteiger partial charge in [0.05, 0.1) is 12.3 Å². The zero-order valence-corrected chi connectivity index (χ0v) is 20.9. The van der Waals surface area contributed by atoms with Gasteiger partial charge in [0, 0.05) is 25.2 Å². The lowest BCUT2D eigenvalue weighted by atomic mass is 9.87. The van der Waals surface area contributed by atoms with Gasteiger partial charge in [0.1, 0.15) is 0 Å². The quantitative estimate of drug-likeness (QED) is 0.485. The summed E-state index contributed by atoms with van der Waals surface area (Å²) >= 11 is 0. The van der Waals surface area contributed by atoms with Crippen LogP contribution in [0.15, 0.2) is 18.2 Å². The summed E-state index contributed by atoms with van der Waals surface area (Å²) in [5.74, 6) is -0.264. The van der Waals surface area contributed by atoms with Crippen LogP contribution in [0.4, 0.5) is 5.69 Å². The smallest absolute Gasteiger partial charge is 0.304 e. The van der Waals surface area contributed by atoms with Crippen molar-refractivity contribution in [1.82, 2.24) is 10.2 Å². The van der Waals surface area contributed by atoms with Crippen molar-refractivity contribution in [2.45, 2.75) is 83.6 Å². The average Bonchev–Trinajstić information content (AvgIpc) is 2.98. The maximum Gasteiger partial charge on any atom is 0.304 e. The minimum absolute atomic E-state index is 0.0179. The van der Waals surface area contributed by atoms with Crippen LogP contribution in [0.1, 0.15) is 81.8 Å². The predicted molar refractivity (Wildman–Crippen MR) is 136 cm³/mol. The van der Waals surface area contributed by atoms with Gasteiger partial charge in [-0.2, -0.15) is 0 Å². The Morgan fingerprint density at radius 2 is 1.74 bits per heavy atom. The molecular formula is C28H41N3O4. The molecule has 1 aliphatic carbocycles. The van der Waals surface area contributed by atoms with Crippen LogP contribution < -0.4 is 10.6 Å². The second kappa shape index (κ2) is 12.5. The third-order valence-electron chi connectivity index (χ3n) is 8.17. The zero-order valence-electron chi connectivity index (χ0n) is 20.9. The number of nitrogens with zero attached hydrogens (tertiary/aromatic N) is 1. The van der Waals surface area contributed by atoms with Gasteiger partial charge in [0.15, 0.2) is 0 Å². The summed E-state index contributed by atoms with van der Waals surface area (Å²) in [4.78, 5) is 39.3. The van der Waals surface area contributed by atoms with Crippen LogP contribution in [0.3, 0.4) is 0 Å². The van der Waals surface area contributed by atoms with Crippen LogP contribution in [-0.4, -0.2) is 47.4 Å². The lowest BCUT2D eigenvalue weighted by molar-refractivity contribution is -0.144. The van der Waals surface area contributed by atoms with Gasteiger partial charge >= 0.3 is 5.97 Å². The summed E-state index contributed by atoms with van der Waals surface area (Å²) in [6.45, 7) is 3.27. The Labute approximate surface area is 209 Å². The van der Waals surface area contributed by atoms with Crippen molar-refractivity contribution in [2.24, 2.45) is 17.8 Å². The fourth-order valence-corrected chi connectivity index (χ4v) is 6.05. The average molecular weight is 484 g/mol. The van der Waals surface area contributed by atoms with E-state index in [1.54, 1.807) is 0 Å². The first-order valence-corrected chi connectivity index (χ1v) is 13.6. The molecule has 0 bridgehead atoms. The number of piperidine rings is 1. The van der Waals surface area contributed by atoms with E-state index < -0.39 is 11.9 Å². The number of aliphatic carboxylic acids is 1. The van der Waals surface area contributed by atoms with Crippen LogP contribution in [0, 0.1) is 17.8 Å². The highest BCUT2D eigenvalue weighted by Gasteiger charge is 2.31. The Bertz CT molecular complexity index is 890. The second-order valence-corrected chi connectivity index (χ2v) is 10.8. The summed E-state index contributed by atoms with van der Waals surface area (Å²) in [6, 6.07) is 5.87. The van der Waals surface area contributed by atoms with Crippen molar-refractivity contribution in [3.63, 3.8) is 0 Å². The zero-order chi connectivity index (χ0) is 24.6. The number of rotatable bonds is 9. The Balaban J connectivity index is 1.40. The first-order chi connectivity index (χ1) is 17.0. The molecule has 0 aromatic heterocycles. The lowest BCUT2D eigenvalue weighted by Gasteiger charge is -2.28. The van der Waals surface area contributed by atoms with E-state index in [-0.39, 0.29) is 18.2 Å². The molecule has 0 unspecified atom stereocenters. The summed E-state index contributed by atoms with van der Waals surface area (Å²) < 4.78 is 0. The first-order valence-electron chi connectivity index (χ1n) is 13.6. The molecular weight excluding hydrogens is 442 g/mol. The molecule has 1 saturated carbocycles. The van der Waals surface area contributed by atoms with E-state index in [1.807, 2.05) is 23.1 Å². The first kappa shape index (κ1) is 25.7. The normalized spacial score (nSPS) is 21.9. The summed E-state index contributed by atoms with van der Waals surface area (Å²) in [5, 5.41) is 15.8. The highest BCUT2D eigenvalue weighted by atomic mass is 16.4. The van der Waals surface area contributed by atoms with Gasteiger partial charge in [-0.05, 0) is 80.3 Å². The van der Waals surface area contributed by atoms with Crippen molar-refractivity contribution in [3.05, 3.63) is 29.3 Å². The molecule has 3 aliphatic rings. The van der Waals surface area contributed by atoms with Crippen LogP contribution in [0.5, 0.6) is 0 Å². The molecule has 0 spiro atoms. The van der Waals surface area contributed by atoms with Gasteiger partial charge < -0.3 is 20.6 Å². The molecule has 192 valence electrons. The number of carbonyl (C=O) groups excluding carboxylic acids is 2. The Morgan fingerprint density at radius 1 is 1.00 bits per heavy atom. The van der Waals surface area contributed by atoms with Gasteiger partial charge in [-0.25, -0.2) is 0 Å². The maximum atomic E-state index is 13.3. The fraction of sp³-hybridized carbons (Fsp3) is 0.679. The minimum atomic E-state index is -0.943. The van der Waals surface area contributed by atoms with E-state index in [1.165, 1.54) is 32.1 Å². The molecule has 7 nitrogen and oxygen atoms in total. The lowest BCUT2D eigenvalue weighted by Crippen LogP contribution is -2.37. The van der Waals surface area contributed by atoms with Crippen molar-refractivity contribution >= 4 is 23.5 Å². The summed E-state index contributed by atoms with van der Waals surface area (Å²) in [5.41, 5.74) is 2.76. The van der Waals surface area contributed by atoms with Crippen LogP contribution in [0.25, 0.3) is 0 Å². The van der Waals surface area contributed by atoms with E-state index in [0.29, 0.717) is 37.8 Å². The van der Waals surface area contributed by atoms with E-state index in [2.05, 4.69) is 10.6 Å². The van der Waals surface area contributed by atoms with Crippen molar-refractivity contribution < 1.29 is 19.5 Å². The van der Waals surface area contributed by atoms with Gasteiger partial charge in [-0.1, -0.05) is 38.2 Å². The molecule has 2 amide bonds. The van der Waals surface area contributed by atoms with Gasteiger partial charge in [-0.3, -0.25) is 14.4 Å². The van der Waals surface area contributed by atoms with Crippen LogP contribution >= 0.6 is 0 Å². The van der Waals surface area contributed by atoms with E-state index in [0.717, 1.165) is 55.6 Å². The highest BCUT2D eigenvalue weighted by Crippen LogP contribution is 2.30. The van der Waals surface area contributed by atoms with Crippen molar-refractivity contribution in [2.75, 3.05) is 25.0 Å². The number of hydrogen-bond donors (Lipinski definition) is 3. The standard InChI is InChI=1S/C28H41N3O4/c32-26(9-6-21-10-13-29-14-11-21)30-25-8-7-22-19-31(15-12-20-4-2-1-3-5-20)28(35)24(18-27(33)34)16-23(22)17-25/h7-8,17,20-21,24,29H,1-6,9-16,18-19H2,(H,30,32)(H,33,34)/t24-/m1/s1. The topological polar surface area (TPSA) is 98.7 Å². The number of carbonyl (C=O) groups is 3. The van der Waals surface area contributed by atoms with Crippen molar-refractivity contribution in [1.29, 1.82) is 0 Å². The number of carboxylic acids is 1. The highest BCUT2D eigenvalue weighted by molar-refractivity contribution is 5.91. The number of benzene rings is 1. The monoisotopic (exact) mass is 483 g/mol. The number of nitrogens with one attached hydrogen (secondary N) is 2. The minimum Gasteiger partial charge on any atom is -0.481 e. The molecule has 1 aromatic rings. The number of hydrogen-bond acceptors (Lipinski definition) is 4. The largest absolute Gasteiger partial charge is 0.481 e. The predicted octanol–water partition coefficient (Wildman–Crippen LogP) is 4.35. The molecule has 1 atom stereocenters. The Hall–Kier alpha value is -2.41. The molecule has 2 fully saturated rings. The molecule has 2 aliphatic heterocycles. The molecule has 35 heavy (non-hydrogen) atoms. The van der Waals surface area contributed by atoms with Crippen LogP contribution in [-0.2, 0) is 27.3 Å². The molecule has 4 rings (SSSR count). The Kier molecular flexibility index (Phi) is 9.18. The Morgan fingerprint density at radius 3 is 2.49 bits per heavy atom. The van der Waals surface area contributed by atoms with Crippen LogP contribution in [0.2, 0.25) is 0 Å². The molecule has 1 saturated heterocycles.